The summed E-state index contributed by atoms with van der Waals surface area (Å²) in [6.45, 7) is 2.20. The average molecular weight is 279 g/mol. The number of nitrogens with zero attached hydrogens (tertiary/aromatic N) is 3. The normalized spacial score (nSPS) is 17.4. The van der Waals surface area contributed by atoms with E-state index in [-0.39, 0.29) is 6.54 Å². The fourth-order valence-electron chi connectivity index (χ4n) is 2.40. The second-order valence-corrected chi connectivity index (χ2v) is 4.86. The molecule has 0 saturated carbocycles. The number of carbonyl (C=O) groups is 1. The van der Waals surface area contributed by atoms with Gasteiger partial charge < -0.3 is 4.74 Å². The van der Waals surface area contributed by atoms with E-state index in [9.17, 15) is 4.79 Å². The second kappa shape index (κ2) is 5.25. The van der Waals surface area contributed by atoms with Gasteiger partial charge in [-0.1, -0.05) is 12.1 Å². The number of pyridine rings is 1. The summed E-state index contributed by atoms with van der Waals surface area (Å²) in [6, 6.07) is 11.6. The summed E-state index contributed by atoms with van der Waals surface area (Å²) in [5.74, 6) is 0. The summed E-state index contributed by atoms with van der Waals surface area (Å²) in [5, 5.41) is 8.85. The molecule has 0 unspecified atom stereocenters. The number of aryl methyl sites for hydroxylation is 1. The zero-order valence-corrected chi connectivity index (χ0v) is 11.5. The first kappa shape index (κ1) is 13.1. The van der Waals surface area contributed by atoms with Gasteiger partial charge in [-0.25, -0.2) is 4.79 Å². The Hall–Kier alpha value is -2.87. The van der Waals surface area contributed by atoms with Crippen LogP contribution in [0, 0.1) is 18.3 Å². The molecule has 21 heavy (non-hydrogen) atoms. The summed E-state index contributed by atoms with van der Waals surface area (Å²) in [7, 11) is 0. The van der Waals surface area contributed by atoms with Crippen LogP contribution in [0.2, 0.25) is 0 Å². The second-order valence-electron chi connectivity index (χ2n) is 4.86. The molecule has 0 radical (unpaired) electrons. The van der Waals surface area contributed by atoms with Crippen LogP contribution in [0.4, 0.5) is 10.5 Å². The molecule has 1 aliphatic rings. The number of benzene rings is 1. The predicted octanol–water partition coefficient (Wildman–Crippen LogP) is 2.91. The number of ether oxygens (including phenoxy) is 1. The molecule has 1 atom stereocenters. The minimum absolute atomic E-state index is 0.266. The fraction of sp³-hybridized carbons (Fsp3) is 0.188. The first-order valence-electron chi connectivity index (χ1n) is 6.58. The quantitative estimate of drug-likeness (QED) is 0.847. The number of aromatic nitrogens is 1. The fourth-order valence-corrected chi connectivity index (χ4v) is 2.40. The van der Waals surface area contributed by atoms with Gasteiger partial charge >= 0.3 is 6.09 Å². The Bertz CT molecular complexity index is 722. The van der Waals surface area contributed by atoms with Crippen molar-refractivity contribution in [2.45, 2.75) is 13.0 Å². The molecule has 0 bridgehead atoms. The molecule has 1 amide bonds. The number of cyclic esters (lactones) is 1. The average Bonchev–Trinajstić information content (AvgIpc) is 2.89. The lowest BCUT2D eigenvalue weighted by atomic mass is 10.0. The molecule has 0 N–H and O–H groups in total. The van der Waals surface area contributed by atoms with Gasteiger partial charge in [0, 0.05) is 12.4 Å². The zero-order chi connectivity index (χ0) is 14.8. The third kappa shape index (κ3) is 2.43. The van der Waals surface area contributed by atoms with Crippen LogP contribution in [0.3, 0.4) is 0 Å². The molecule has 2 heterocycles. The van der Waals surface area contributed by atoms with Crippen LogP contribution in [-0.4, -0.2) is 23.7 Å². The maximum Gasteiger partial charge on any atom is 0.415 e. The highest BCUT2D eigenvalue weighted by Crippen LogP contribution is 2.29. The lowest BCUT2D eigenvalue weighted by Crippen LogP contribution is -2.25. The van der Waals surface area contributed by atoms with Crippen LogP contribution >= 0.6 is 0 Å². The molecular formula is C16H13N3O2. The van der Waals surface area contributed by atoms with Crippen LogP contribution in [0.5, 0.6) is 0 Å². The van der Waals surface area contributed by atoms with Crippen molar-refractivity contribution in [3.8, 4) is 17.2 Å². The lowest BCUT2D eigenvalue weighted by molar-refractivity contribution is 0.162. The van der Waals surface area contributed by atoms with Gasteiger partial charge in [0.1, 0.15) is 6.07 Å². The topological polar surface area (TPSA) is 66.2 Å². The van der Waals surface area contributed by atoms with Crippen molar-refractivity contribution < 1.29 is 9.53 Å². The molecule has 5 heteroatoms. The monoisotopic (exact) mass is 279 g/mol. The van der Waals surface area contributed by atoms with Gasteiger partial charge in [-0.05, 0) is 41.8 Å². The third-order valence-electron chi connectivity index (χ3n) is 3.44. The Morgan fingerprint density at radius 2 is 2.24 bits per heavy atom. The minimum Gasteiger partial charge on any atom is -0.428 e. The maximum atomic E-state index is 11.8. The highest BCUT2D eigenvalue weighted by atomic mass is 16.6. The van der Waals surface area contributed by atoms with Gasteiger partial charge in [0.2, 0.25) is 6.10 Å². The van der Waals surface area contributed by atoms with E-state index in [0.29, 0.717) is 0 Å². The van der Waals surface area contributed by atoms with Crippen LogP contribution in [0.15, 0.2) is 42.7 Å². The Morgan fingerprint density at radius 1 is 1.38 bits per heavy atom. The van der Waals surface area contributed by atoms with Gasteiger partial charge in [-0.15, -0.1) is 0 Å². The standard InChI is InChI=1S/C16H13N3O2/c1-11-7-12(13-3-2-6-18-9-13)4-5-15(11)19-10-14(8-17)21-16(19)20/h2-7,9,14H,10H2,1H3/t14-/m0/s1. The molecule has 0 spiro atoms. The Balaban J connectivity index is 1.93. The smallest absolute Gasteiger partial charge is 0.415 e. The zero-order valence-electron chi connectivity index (χ0n) is 11.5. The molecule has 1 aromatic heterocycles. The summed E-state index contributed by atoms with van der Waals surface area (Å²) in [6.07, 6.45) is 2.35. The number of carbonyl (C=O) groups excluding carboxylic acids is 1. The minimum atomic E-state index is -0.699. The molecule has 1 aromatic carbocycles. The number of amides is 1. The SMILES string of the molecule is Cc1cc(-c2cccnc2)ccc1N1C[C@H](C#N)OC1=O. The highest BCUT2D eigenvalue weighted by molar-refractivity contribution is 5.91. The Labute approximate surface area is 122 Å². The van der Waals surface area contributed by atoms with Crippen LogP contribution in [0.25, 0.3) is 11.1 Å². The molecule has 0 aliphatic carbocycles. The number of hydrogen-bond donors (Lipinski definition) is 0. The van der Waals surface area contributed by atoms with Gasteiger partial charge in [0.25, 0.3) is 0 Å². The van der Waals surface area contributed by atoms with Crippen molar-refractivity contribution in [1.29, 1.82) is 5.26 Å². The maximum absolute atomic E-state index is 11.8. The first-order valence-corrected chi connectivity index (χ1v) is 6.58. The molecular weight excluding hydrogens is 266 g/mol. The van der Waals surface area contributed by atoms with Crippen molar-refractivity contribution in [2.24, 2.45) is 0 Å². The largest absolute Gasteiger partial charge is 0.428 e. The summed E-state index contributed by atoms with van der Waals surface area (Å²) in [4.78, 5) is 17.4. The molecule has 3 rings (SSSR count). The van der Waals surface area contributed by atoms with E-state index in [2.05, 4.69) is 4.98 Å². The lowest BCUT2D eigenvalue weighted by Gasteiger charge is -2.16. The van der Waals surface area contributed by atoms with E-state index < -0.39 is 12.2 Å². The molecule has 1 saturated heterocycles. The molecule has 1 fully saturated rings. The van der Waals surface area contributed by atoms with Gasteiger partial charge in [-0.3, -0.25) is 9.88 Å². The molecule has 104 valence electrons. The number of nitriles is 1. The number of anilines is 1. The van der Waals surface area contributed by atoms with E-state index in [1.807, 2.05) is 43.3 Å². The summed E-state index contributed by atoms with van der Waals surface area (Å²) < 4.78 is 4.96. The number of hydrogen-bond acceptors (Lipinski definition) is 4. The van der Waals surface area contributed by atoms with E-state index in [1.165, 1.54) is 4.90 Å². The van der Waals surface area contributed by atoms with E-state index >= 15 is 0 Å². The van der Waals surface area contributed by atoms with Crippen molar-refractivity contribution >= 4 is 11.8 Å². The van der Waals surface area contributed by atoms with E-state index in [1.54, 1.807) is 12.4 Å². The van der Waals surface area contributed by atoms with Crippen LogP contribution in [-0.2, 0) is 4.74 Å². The van der Waals surface area contributed by atoms with Gasteiger partial charge in [0.15, 0.2) is 0 Å². The van der Waals surface area contributed by atoms with Crippen LogP contribution in [0.1, 0.15) is 5.56 Å². The first-order chi connectivity index (χ1) is 10.2. The van der Waals surface area contributed by atoms with Crippen molar-refractivity contribution in [1.82, 2.24) is 4.98 Å². The third-order valence-corrected chi connectivity index (χ3v) is 3.44. The van der Waals surface area contributed by atoms with Crippen molar-refractivity contribution in [3.63, 3.8) is 0 Å². The van der Waals surface area contributed by atoms with Gasteiger partial charge in [0.05, 0.1) is 12.2 Å². The summed E-state index contributed by atoms with van der Waals surface area (Å²) >= 11 is 0. The van der Waals surface area contributed by atoms with Crippen molar-refractivity contribution in [2.75, 3.05) is 11.4 Å². The summed E-state index contributed by atoms with van der Waals surface area (Å²) in [5.41, 5.74) is 3.78. The van der Waals surface area contributed by atoms with E-state index in [0.717, 1.165) is 22.4 Å². The highest BCUT2D eigenvalue weighted by Gasteiger charge is 2.32. The Morgan fingerprint density at radius 3 is 2.86 bits per heavy atom. The molecule has 1 aliphatic heterocycles. The predicted molar refractivity (Wildman–Crippen MR) is 77.6 cm³/mol. The van der Waals surface area contributed by atoms with Crippen LogP contribution < -0.4 is 4.90 Å². The number of rotatable bonds is 2. The van der Waals surface area contributed by atoms with Crippen molar-refractivity contribution in [3.05, 3.63) is 48.3 Å². The van der Waals surface area contributed by atoms with Gasteiger partial charge in [-0.2, -0.15) is 5.26 Å². The Kier molecular flexibility index (Phi) is 3.28. The van der Waals surface area contributed by atoms with E-state index in [4.69, 9.17) is 10.00 Å². The molecule has 5 nitrogen and oxygen atoms in total. The molecule has 2 aromatic rings.